The van der Waals surface area contributed by atoms with Gasteiger partial charge in [0.25, 0.3) is 0 Å². The first-order chi connectivity index (χ1) is 8.15. The summed E-state index contributed by atoms with van der Waals surface area (Å²) in [6.07, 6.45) is 0.0905. The quantitative estimate of drug-likeness (QED) is 0.772. The minimum absolute atomic E-state index is 0.0905. The highest BCUT2D eigenvalue weighted by Gasteiger charge is 2.45. The van der Waals surface area contributed by atoms with Crippen LogP contribution >= 0.6 is 34.2 Å². The van der Waals surface area contributed by atoms with Crippen LogP contribution < -0.4 is 4.72 Å². The van der Waals surface area contributed by atoms with Crippen LogP contribution in [0.1, 0.15) is 5.56 Å². The van der Waals surface area contributed by atoms with Crippen LogP contribution in [0.25, 0.3) is 0 Å². The van der Waals surface area contributed by atoms with Gasteiger partial charge in [-0.15, -0.1) is 0 Å². The Morgan fingerprint density at radius 2 is 1.94 bits per heavy atom. The van der Waals surface area contributed by atoms with Crippen molar-refractivity contribution in [2.45, 2.75) is 11.9 Å². The summed E-state index contributed by atoms with van der Waals surface area (Å²) in [5.74, 6) is 0. The summed E-state index contributed by atoms with van der Waals surface area (Å²) in [5, 5.41) is 0.396. The highest BCUT2D eigenvalue weighted by Crippen LogP contribution is 2.23. The lowest BCUT2D eigenvalue weighted by molar-refractivity contribution is -0.0447. The van der Waals surface area contributed by atoms with E-state index in [-0.39, 0.29) is 13.0 Å². The molecule has 0 spiro atoms. The van der Waals surface area contributed by atoms with E-state index in [4.69, 9.17) is 11.6 Å². The number of benzene rings is 1. The van der Waals surface area contributed by atoms with Crippen LogP contribution in [0.5, 0.6) is 0 Å². The number of rotatable bonds is 4. The number of halogens is 5. The Labute approximate surface area is 121 Å². The van der Waals surface area contributed by atoms with E-state index in [1.807, 2.05) is 22.6 Å². The minimum Gasteiger partial charge on any atom is -0.207 e. The zero-order chi connectivity index (χ0) is 14.0. The van der Waals surface area contributed by atoms with Crippen molar-refractivity contribution < 1.29 is 21.6 Å². The van der Waals surface area contributed by atoms with Crippen LogP contribution in [0.4, 0.5) is 13.2 Å². The molecule has 0 radical (unpaired) electrons. The van der Waals surface area contributed by atoms with Gasteiger partial charge in [0.05, 0.1) is 0 Å². The Kier molecular flexibility index (Phi) is 5.27. The average molecular weight is 414 g/mol. The summed E-state index contributed by atoms with van der Waals surface area (Å²) in [7, 11) is -5.29. The number of hydrogen-bond acceptors (Lipinski definition) is 2. The summed E-state index contributed by atoms with van der Waals surface area (Å²) in [5.41, 5.74) is -4.68. The van der Waals surface area contributed by atoms with E-state index < -0.39 is 15.5 Å². The molecule has 0 amide bonds. The predicted octanol–water partition coefficient (Wildman–Crippen LogP) is 2.93. The van der Waals surface area contributed by atoms with Gasteiger partial charge >= 0.3 is 15.5 Å². The maximum absolute atomic E-state index is 12.0. The topological polar surface area (TPSA) is 46.2 Å². The molecular formula is C9H8ClF3INO2S. The molecule has 1 rings (SSSR count). The van der Waals surface area contributed by atoms with Gasteiger partial charge in [0.15, 0.2) is 0 Å². The summed E-state index contributed by atoms with van der Waals surface area (Å²) >= 11 is 7.84. The molecular weight excluding hydrogens is 406 g/mol. The second kappa shape index (κ2) is 5.93. The Morgan fingerprint density at radius 1 is 1.33 bits per heavy atom. The lowest BCUT2D eigenvalue weighted by atomic mass is 10.1. The maximum atomic E-state index is 12.0. The van der Waals surface area contributed by atoms with Crippen molar-refractivity contribution >= 4 is 44.2 Å². The lowest BCUT2D eigenvalue weighted by Gasteiger charge is -2.10. The van der Waals surface area contributed by atoms with Crippen LogP contribution in [0, 0.1) is 3.57 Å². The van der Waals surface area contributed by atoms with Gasteiger partial charge < -0.3 is 0 Å². The fraction of sp³-hybridized carbons (Fsp3) is 0.333. The van der Waals surface area contributed by atoms with Crippen LogP contribution in [0.2, 0.25) is 5.02 Å². The molecule has 0 saturated heterocycles. The van der Waals surface area contributed by atoms with Crippen LogP contribution in [-0.4, -0.2) is 20.5 Å². The predicted molar refractivity (Wildman–Crippen MR) is 70.9 cm³/mol. The van der Waals surface area contributed by atoms with Gasteiger partial charge in [-0.1, -0.05) is 17.7 Å². The standard InChI is InChI=1S/C9H8ClF3INO2S/c10-7-2-1-3-8(14)6(7)4-5-15-18(16,17)9(11,12)13/h1-3,15H,4-5H2. The molecule has 0 fully saturated rings. The van der Waals surface area contributed by atoms with Crippen LogP contribution in [-0.2, 0) is 16.4 Å². The summed E-state index contributed by atoms with van der Waals surface area (Å²) < 4.78 is 59.9. The smallest absolute Gasteiger partial charge is 0.207 e. The molecule has 3 nitrogen and oxygen atoms in total. The summed E-state index contributed by atoms with van der Waals surface area (Å²) in [6, 6.07) is 5.03. The first kappa shape index (κ1) is 16.0. The normalized spacial score (nSPS) is 12.7. The van der Waals surface area contributed by atoms with Crippen LogP contribution in [0.15, 0.2) is 18.2 Å². The number of nitrogens with one attached hydrogen (secondary N) is 1. The molecule has 1 aromatic carbocycles. The van der Waals surface area contributed by atoms with E-state index in [2.05, 4.69) is 0 Å². The Hall–Kier alpha value is -0.0600. The highest BCUT2D eigenvalue weighted by molar-refractivity contribution is 14.1. The van der Waals surface area contributed by atoms with E-state index in [0.29, 0.717) is 10.6 Å². The SMILES string of the molecule is O=S(=O)(NCCc1c(Cl)cccc1I)C(F)(F)F. The first-order valence-corrected chi connectivity index (χ1v) is 7.58. The fourth-order valence-corrected chi connectivity index (χ4v) is 2.89. The zero-order valence-electron chi connectivity index (χ0n) is 8.76. The molecule has 1 aromatic rings. The zero-order valence-corrected chi connectivity index (χ0v) is 12.5. The molecule has 0 aliphatic heterocycles. The van der Waals surface area contributed by atoms with Crippen LogP contribution in [0.3, 0.4) is 0 Å². The van der Waals surface area contributed by atoms with Gasteiger partial charge in [-0.25, -0.2) is 13.1 Å². The van der Waals surface area contributed by atoms with Crippen molar-refractivity contribution in [3.05, 3.63) is 32.4 Å². The Morgan fingerprint density at radius 3 is 2.44 bits per heavy atom. The van der Waals surface area contributed by atoms with Crippen molar-refractivity contribution in [1.82, 2.24) is 4.72 Å². The Balaban J connectivity index is 2.69. The van der Waals surface area contributed by atoms with E-state index >= 15 is 0 Å². The van der Waals surface area contributed by atoms with Gasteiger partial charge in [0.1, 0.15) is 0 Å². The van der Waals surface area contributed by atoms with E-state index in [1.54, 1.807) is 18.2 Å². The molecule has 1 N–H and O–H groups in total. The van der Waals surface area contributed by atoms with Crippen molar-refractivity contribution in [1.29, 1.82) is 0 Å². The number of sulfonamides is 1. The van der Waals surface area contributed by atoms with Gasteiger partial charge in [0.2, 0.25) is 0 Å². The van der Waals surface area contributed by atoms with Gasteiger partial charge in [-0.05, 0) is 46.7 Å². The average Bonchev–Trinajstić information content (AvgIpc) is 2.20. The fourth-order valence-electron chi connectivity index (χ4n) is 1.16. The van der Waals surface area contributed by atoms with Gasteiger partial charge in [0, 0.05) is 15.1 Å². The molecule has 0 heterocycles. The molecule has 0 aliphatic carbocycles. The molecule has 102 valence electrons. The Bertz CT molecular complexity index is 513. The largest absolute Gasteiger partial charge is 0.511 e. The third-order valence-corrected chi connectivity index (χ3v) is 4.59. The monoisotopic (exact) mass is 413 g/mol. The molecule has 18 heavy (non-hydrogen) atoms. The van der Waals surface area contributed by atoms with E-state index in [1.165, 1.54) is 4.72 Å². The second-order valence-electron chi connectivity index (χ2n) is 3.29. The number of alkyl halides is 3. The van der Waals surface area contributed by atoms with Crippen molar-refractivity contribution in [2.24, 2.45) is 0 Å². The van der Waals surface area contributed by atoms with Crippen molar-refractivity contribution in [2.75, 3.05) is 6.54 Å². The van der Waals surface area contributed by atoms with E-state index in [9.17, 15) is 21.6 Å². The third-order valence-electron chi connectivity index (χ3n) is 2.03. The van der Waals surface area contributed by atoms with Gasteiger partial charge in [-0.3, -0.25) is 0 Å². The molecule has 0 unspecified atom stereocenters. The van der Waals surface area contributed by atoms with E-state index in [0.717, 1.165) is 3.57 Å². The molecule has 0 aromatic heterocycles. The molecule has 0 aliphatic rings. The molecule has 0 saturated carbocycles. The minimum atomic E-state index is -5.29. The van der Waals surface area contributed by atoms with Gasteiger partial charge in [-0.2, -0.15) is 13.2 Å². The lowest BCUT2D eigenvalue weighted by Crippen LogP contribution is -2.37. The maximum Gasteiger partial charge on any atom is 0.511 e. The summed E-state index contributed by atoms with van der Waals surface area (Å²) in [6.45, 7) is -0.360. The summed E-state index contributed by atoms with van der Waals surface area (Å²) in [4.78, 5) is 0. The van der Waals surface area contributed by atoms with Crippen molar-refractivity contribution in [3.63, 3.8) is 0 Å². The molecule has 0 atom stereocenters. The molecule has 9 heteroatoms. The second-order valence-corrected chi connectivity index (χ2v) is 6.62. The first-order valence-electron chi connectivity index (χ1n) is 4.64. The highest BCUT2D eigenvalue weighted by atomic mass is 127. The molecule has 0 bridgehead atoms. The number of hydrogen-bond donors (Lipinski definition) is 1. The third kappa shape index (κ3) is 3.97. The van der Waals surface area contributed by atoms with Crippen molar-refractivity contribution in [3.8, 4) is 0 Å².